The van der Waals surface area contributed by atoms with E-state index in [2.05, 4.69) is 95.3 Å². The molecule has 5 nitrogen and oxygen atoms in total. The molecule has 3 aromatic carbocycles. The van der Waals surface area contributed by atoms with Crippen LogP contribution in [0.5, 0.6) is 0 Å². The van der Waals surface area contributed by atoms with E-state index in [1.54, 1.807) is 0 Å². The van der Waals surface area contributed by atoms with Gasteiger partial charge in [-0.15, -0.1) is 29.1 Å². The summed E-state index contributed by atoms with van der Waals surface area (Å²) in [7, 11) is 0. The van der Waals surface area contributed by atoms with Gasteiger partial charge in [0.15, 0.2) is 17.3 Å². The van der Waals surface area contributed by atoms with Crippen LogP contribution in [0.25, 0.3) is 55.5 Å². The van der Waals surface area contributed by atoms with Gasteiger partial charge in [0.05, 0.1) is 0 Å². The Morgan fingerprint density at radius 3 is 2.06 bits per heavy atom. The molecule has 6 aromatic rings. The van der Waals surface area contributed by atoms with Gasteiger partial charge in [-0.2, -0.15) is 0 Å². The molecule has 6 rings (SSSR count). The molecular formula is C48H58IrNO4-. The molecule has 0 fully saturated rings. The molecule has 0 saturated heterocycles. The fourth-order valence-corrected chi connectivity index (χ4v) is 6.77. The number of furan rings is 2. The summed E-state index contributed by atoms with van der Waals surface area (Å²) in [6, 6.07) is 26.8. The minimum atomic E-state index is -0.337. The molecule has 289 valence electrons. The van der Waals surface area contributed by atoms with Crippen molar-refractivity contribution in [3.63, 3.8) is 0 Å². The van der Waals surface area contributed by atoms with E-state index in [9.17, 15) is 9.90 Å². The summed E-state index contributed by atoms with van der Waals surface area (Å²) in [6.07, 6.45) is 7.61. The third-order valence-electron chi connectivity index (χ3n) is 11.4. The van der Waals surface area contributed by atoms with Gasteiger partial charge in [-0.1, -0.05) is 111 Å². The zero-order valence-corrected chi connectivity index (χ0v) is 36.5. The Morgan fingerprint density at radius 2 is 1.43 bits per heavy atom. The van der Waals surface area contributed by atoms with Crippen molar-refractivity contribution >= 4 is 38.5 Å². The SMILES string of the molecule is CC(C)Cc1ccc2oc(-c3cc4c(-c5[c-]c6ccccc6c(C(C)(C)C)c5)nccc4o3)cc2c1.CCC(C)(CC)C(=O)/C=C(\O)C(C)(CC)CC.[Ir]. The number of carbonyl (C=O) groups excluding carboxylic acids is 1. The zero-order chi connectivity index (χ0) is 38.7. The van der Waals surface area contributed by atoms with Gasteiger partial charge in [0, 0.05) is 59.7 Å². The first-order valence-electron chi connectivity index (χ1n) is 19.4. The number of pyridine rings is 1. The second kappa shape index (κ2) is 17.2. The summed E-state index contributed by atoms with van der Waals surface area (Å²) in [5.41, 5.74) is 5.49. The number of nitrogens with zero attached hydrogens (tertiary/aromatic N) is 1. The predicted octanol–water partition coefficient (Wildman–Crippen LogP) is 14.0. The number of aliphatic hydroxyl groups excluding tert-OH is 1. The quantitative estimate of drug-likeness (QED) is 0.0796. The number of ketones is 1. The van der Waals surface area contributed by atoms with E-state index >= 15 is 0 Å². The van der Waals surface area contributed by atoms with Crippen LogP contribution < -0.4 is 0 Å². The van der Waals surface area contributed by atoms with Crippen molar-refractivity contribution in [1.29, 1.82) is 0 Å². The van der Waals surface area contributed by atoms with E-state index in [1.165, 1.54) is 22.6 Å². The topological polar surface area (TPSA) is 76.5 Å². The normalized spacial score (nSPS) is 12.6. The summed E-state index contributed by atoms with van der Waals surface area (Å²) in [4.78, 5) is 17.0. The molecule has 54 heavy (non-hydrogen) atoms. The molecule has 1 radical (unpaired) electrons. The van der Waals surface area contributed by atoms with Crippen molar-refractivity contribution in [2.24, 2.45) is 16.7 Å². The summed E-state index contributed by atoms with van der Waals surface area (Å²) in [6.45, 7) is 23.3. The number of fused-ring (bicyclic) bond motifs is 3. The van der Waals surface area contributed by atoms with Gasteiger partial charge in [-0.05, 0) is 79.3 Å². The minimum absolute atomic E-state index is 0. The molecule has 0 saturated carbocycles. The van der Waals surface area contributed by atoms with Crippen molar-refractivity contribution in [3.05, 3.63) is 102 Å². The Hall–Kier alpha value is -3.99. The van der Waals surface area contributed by atoms with E-state index in [4.69, 9.17) is 13.8 Å². The molecule has 0 unspecified atom stereocenters. The van der Waals surface area contributed by atoms with Gasteiger partial charge in [-0.25, -0.2) is 0 Å². The molecule has 3 aromatic heterocycles. The van der Waals surface area contributed by atoms with Crippen LogP contribution in [-0.2, 0) is 36.7 Å². The maximum absolute atomic E-state index is 12.2. The van der Waals surface area contributed by atoms with E-state index in [0.29, 0.717) is 11.7 Å². The second-order valence-electron chi connectivity index (χ2n) is 16.6. The maximum atomic E-state index is 12.2. The molecule has 6 heteroatoms. The number of benzene rings is 3. The van der Waals surface area contributed by atoms with Gasteiger partial charge in [0.1, 0.15) is 16.9 Å². The summed E-state index contributed by atoms with van der Waals surface area (Å²) >= 11 is 0. The first-order valence-corrected chi connectivity index (χ1v) is 19.4. The first kappa shape index (κ1) is 42.7. The maximum Gasteiger partial charge on any atom is 0.170 e. The van der Waals surface area contributed by atoms with Crippen LogP contribution in [0.1, 0.15) is 113 Å². The number of hydrogen-bond donors (Lipinski definition) is 1. The smallest absolute Gasteiger partial charge is 0.170 e. The Morgan fingerprint density at radius 1 is 0.796 bits per heavy atom. The molecule has 0 aliphatic rings. The third kappa shape index (κ3) is 9.09. The van der Waals surface area contributed by atoms with E-state index in [1.807, 2.05) is 59.9 Å². The number of rotatable bonds is 11. The number of aromatic nitrogens is 1. The average Bonchev–Trinajstić information content (AvgIpc) is 3.77. The summed E-state index contributed by atoms with van der Waals surface area (Å²) in [5.74, 6) is 2.33. The van der Waals surface area contributed by atoms with E-state index in [-0.39, 0.29) is 47.9 Å². The average molecular weight is 905 g/mol. The van der Waals surface area contributed by atoms with Crippen molar-refractivity contribution in [1.82, 2.24) is 4.98 Å². The zero-order valence-electron chi connectivity index (χ0n) is 34.1. The van der Waals surface area contributed by atoms with Gasteiger partial charge >= 0.3 is 0 Å². The van der Waals surface area contributed by atoms with Crippen LogP contribution >= 0.6 is 0 Å². The Kier molecular flexibility index (Phi) is 13.6. The van der Waals surface area contributed by atoms with Gasteiger partial charge < -0.3 is 13.9 Å². The molecular weight excluding hydrogens is 847 g/mol. The standard InChI is InChI=1S/C33H30NO2.C15H28O2.Ir/c1-20(2)14-21-10-11-28-23(15-21)18-30(35-28)31-19-26-29(36-31)12-13-34-32(26)24-16-22-8-6-7-9-25(22)27(17-24)33(3,4)5;1-7-14(5,8-2)12(16)11-13(17)15(6,9-3)10-4;/h6-13,15,17-20H,14H2,1-5H3;11,16H,7-10H2,1-6H3;/q-1;;/b;12-11-;. The van der Waals surface area contributed by atoms with Crippen LogP contribution in [0, 0.1) is 22.8 Å². The van der Waals surface area contributed by atoms with E-state index < -0.39 is 0 Å². The van der Waals surface area contributed by atoms with Crippen molar-refractivity contribution in [2.75, 3.05) is 0 Å². The Balaban J connectivity index is 0.000000309. The Bertz CT molecular complexity index is 2240. The number of aliphatic hydroxyl groups is 1. The van der Waals surface area contributed by atoms with Gasteiger partial charge in [0.2, 0.25) is 0 Å². The summed E-state index contributed by atoms with van der Waals surface area (Å²) < 4.78 is 12.5. The number of hydrogen-bond acceptors (Lipinski definition) is 5. The van der Waals surface area contributed by atoms with Gasteiger partial charge in [-0.3, -0.25) is 9.78 Å². The minimum Gasteiger partial charge on any atom is -0.512 e. The molecule has 0 aliphatic carbocycles. The number of carbonyl (C=O) groups is 1. The predicted molar refractivity (Wildman–Crippen MR) is 221 cm³/mol. The molecule has 0 atom stereocenters. The van der Waals surface area contributed by atoms with Crippen molar-refractivity contribution < 1.29 is 38.8 Å². The second-order valence-corrected chi connectivity index (χ2v) is 16.6. The fraction of sp³-hybridized carbons (Fsp3) is 0.417. The van der Waals surface area contributed by atoms with E-state index in [0.717, 1.165) is 76.4 Å². The first-order chi connectivity index (χ1) is 25.0. The van der Waals surface area contributed by atoms with Crippen LogP contribution in [0.3, 0.4) is 0 Å². The van der Waals surface area contributed by atoms with Crippen LogP contribution in [0.2, 0.25) is 0 Å². The monoisotopic (exact) mass is 905 g/mol. The molecule has 0 amide bonds. The van der Waals surface area contributed by atoms with Crippen molar-refractivity contribution in [3.8, 4) is 22.8 Å². The molecule has 0 aliphatic heterocycles. The van der Waals surface area contributed by atoms with Crippen molar-refractivity contribution in [2.45, 2.75) is 114 Å². The third-order valence-corrected chi connectivity index (χ3v) is 11.4. The number of allylic oxidation sites excluding steroid dienone is 2. The van der Waals surface area contributed by atoms with Gasteiger partial charge in [0.25, 0.3) is 0 Å². The van der Waals surface area contributed by atoms with Crippen LogP contribution in [-0.4, -0.2) is 15.9 Å². The Labute approximate surface area is 336 Å². The molecule has 1 N–H and O–H groups in total. The van der Waals surface area contributed by atoms with Crippen LogP contribution in [0.4, 0.5) is 0 Å². The fourth-order valence-electron chi connectivity index (χ4n) is 6.77. The van der Waals surface area contributed by atoms with Crippen LogP contribution in [0.15, 0.2) is 93.6 Å². The largest absolute Gasteiger partial charge is 0.512 e. The molecule has 0 spiro atoms. The molecule has 3 heterocycles. The molecule has 0 bridgehead atoms. The summed E-state index contributed by atoms with van der Waals surface area (Å²) in [5, 5.41) is 14.5.